The summed E-state index contributed by atoms with van der Waals surface area (Å²) in [6, 6.07) is 10.8. The first kappa shape index (κ1) is 10.7. The van der Waals surface area contributed by atoms with Crippen LogP contribution in [0, 0.1) is 6.07 Å². The van der Waals surface area contributed by atoms with Gasteiger partial charge in [0.15, 0.2) is 0 Å². The Bertz CT molecular complexity index is 174. The predicted octanol–water partition coefficient (Wildman–Crippen LogP) is 1.41. The van der Waals surface area contributed by atoms with Gasteiger partial charge in [0.1, 0.15) is 0 Å². The molecule has 0 saturated carbocycles. The molecule has 0 unspecified atom stereocenters. The number of aliphatic hydroxyl groups is 1. The summed E-state index contributed by atoms with van der Waals surface area (Å²) in [5.74, 6) is 0. The fourth-order valence-electron chi connectivity index (χ4n) is 0.871. The molecule has 1 N–H and O–H groups in total. The van der Waals surface area contributed by atoms with E-state index < -0.39 is 0 Å². The summed E-state index contributed by atoms with van der Waals surface area (Å²) in [5.41, 5.74) is 1.27. The van der Waals surface area contributed by atoms with Crippen molar-refractivity contribution in [3.05, 3.63) is 35.9 Å². The first-order valence-corrected chi connectivity index (χ1v) is 3.49. The number of hydrogen-bond acceptors (Lipinski definition) is 1. The van der Waals surface area contributed by atoms with Crippen LogP contribution in [-0.2, 0) is 23.5 Å². The molecule has 0 atom stereocenters. The number of aliphatic hydroxyl groups excluding tert-OH is 1. The minimum atomic E-state index is 0. The van der Waals surface area contributed by atoms with Crippen molar-refractivity contribution in [3.8, 4) is 0 Å². The first-order chi connectivity index (χ1) is 4.93. The van der Waals surface area contributed by atoms with E-state index in [2.05, 4.69) is 6.07 Å². The van der Waals surface area contributed by atoms with Gasteiger partial charge in [-0.2, -0.15) is 35.9 Å². The Morgan fingerprint density at radius 3 is 2.45 bits per heavy atom. The summed E-state index contributed by atoms with van der Waals surface area (Å²) in [5, 5.41) is 8.52. The molecule has 1 nitrogen and oxygen atoms in total. The van der Waals surface area contributed by atoms with E-state index in [4.69, 9.17) is 5.11 Å². The second-order valence-electron chi connectivity index (χ2n) is 2.24. The van der Waals surface area contributed by atoms with E-state index in [1.165, 1.54) is 5.56 Å². The van der Waals surface area contributed by atoms with E-state index in [-0.39, 0.29) is 23.7 Å². The molecule has 64 valence electrons. The van der Waals surface area contributed by atoms with Crippen LogP contribution in [0.3, 0.4) is 0 Å². The smallest absolute Gasteiger partial charge is 0.396 e. The quantitative estimate of drug-likeness (QED) is 0.575. The number of benzene rings is 1. The standard InChI is InChI=1S/C9H11O.Cu/c10-8-4-7-9-5-2-1-3-6-9;/h2-3,5-6,10H,4,7-8H2;/q-1;+1. The molecular weight excluding hydrogens is 188 g/mol. The van der Waals surface area contributed by atoms with Gasteiger partial charge >= 0.3 is 17.1 Å². The summed E-state index contributed by atoms with van der Waals surface area (Å²) in [6.07, 6.45) is 1.81. The minimum Gasteiger partial charge on any atom is -0.396 e. The van der Waals surface area contributed by atoms with Crippen molar-refractivity contribution in [1.82, 2.24) is 0 Å². The van der Waals surface area contributed by atoms with Gasteiger partial charge in [-0.15, -0.1) is 0 Å². The fraction of sp³-hybridized carbons (Fsp3) is 0.333. The molecule has 0 amide bonds. The maximum absolute atomic E-state index is 8.52. The zero-order valence-corrected chi connectivity index (χ0v) is 7.12. The number of rotatable bonds is 3. The topological polar surface area (TPSA) is 20.2 Å². The number of hydrogen-bond donors (Lipinski definition) is 1. The molecule has 0 saturated heterocycles. The van der Waals surface area contributed by atoms with Crippen LogP contribution in [0.25, 0.3) is 0 Å². The molecule has 2 heteroatoms. The Hall–Kier alpha value is -0.301. The molecule has 1 rings (SSSR count). The van der Waals surface area contributed by atoms with Crippen molar-refractivity contribution in [3.63, 3.8) is 0 Å². The summed E-state index contributed by atoms with van der Waals surface area (Å²) < 4.78 is 0. The van der Waals surface area contributed by atoms with E-state index in [1.54, 1.807) is 0 Å². The maximum atomic E-state index is 8.52. The monoisotopic (exact) mass is 198 g/mol. The van der Waals surface area contributed by atoms with E-state index in [9.17, 15) is 0 Å². The molecule has 0 bridgehead atoms. The van der Waals surface area contributed by atoms with Gasteiger partial charge in [-0.25, -0.2) is 0 Å². The Kier molecular flexibility index (Phi) is 6.24. The number of aryl methyl sites for hydroxylation is 1. The van der Waals surface area contributed by atoms with E-state index in [0.717, 1.165) is 12.8 Å². The second kappa shape index (κ2) is 6.41. The molecule has 0 aliphatic heterocycles. The van der Waals surface area contributed by atoms with Gasteiger partial charge in [-0.05, 0) is 12.8 Å². The van der Waals surface area contributed by atoms with Crippen molar-refractivity contribution in [2.45, 2.75) is 12.8 Å². The SMILES string of the molecule is OCCCc1cc[c-]cc1.[Cu+]. The molecule has 1 aromatic carbocycles. The Labute approximate surface area is 77.9 Å². The van der Waals surface area contributed by atoms with Crippen LogP contribution in [0.4, 0.5) is 0 Å². The summed E-state index contributed by atoms with van der Waals surface area (Å²) in [6.45, 7) is 0.276. The van der Waals surface area contributed by atoms with Gasteiger partial charge in [0.05, 0.1) is 0 Å². The Morgan fingerprint density at radius 2 is 1.91 bits per heavy atom. The van der Waals surface area contributed by atoms with Gasteiger partial charge in [0.25, 0.3) is 0 Å². The van der Waals surface area contributed by atoms with Crippen LogP contribution in [-0.4, -0.2) is 11.7 Å². The van der Waals surface area contributed by atoms with Crippen LogP contribution >= 0.6 is 0 Å². The molecule has 0 spiro atoms. The van der Waals surface area contributed by atoms with Crippen LogP contribution in [0.1, 0.15) is 12.0 Å². The molecule has 0 fully saturated rings. The van der Waals surface area contributed by atoms with E-state index in [1.807, 2.05) is 24.3 Å². The maximum Gasteiger partial charge on any atom is 1.00 e. The fourth-order valence-corrected chi connectivity index (χ4v) is 0.871. The van der Waals surface area contributed by atoms with Gasteiger partial charge in [0, 0.05) is 6.61 Å². The average Bonchev–Trinajstić information content (AvgIpc) is 2.03. The third kappa shape index (κ3) is 4.20. The van der Waals surface area contributed by atoms with Gasteiger partial charge in [0.2, 0.25) is 0 Å². The molecule has 0 aliphatic rings. The van der Waals surface area contributed by atoms with E-state index >= 15 is 0 Å². The molecule has 1 aromatic rings. The van der Waals surface area contributed by atoms with E-state index in [0.29, 0.717) is 0 Å². The summed E-state index contributed by atoms with van der Waals surface area (Å²) in [4.78, 5) is 0. The van der Waals surface area contributed by atoms with Crippen molar-refractivity contribution >= 4 is 0 Å². The minimum absolute atomic E-state index is 0. The second-order valence-corrected chi connectivity index (χ2v) is 2.24. The predicted molar refractivity (Wildman–Crippen MR) is 40.7 cm³/mol. The largest absolute Gasteiger partial charge is 1.00 e. The molecule has 0 heterocycles. The van der Waals surface area contributed by atoms with Crippen LogP contribution in [0.2, 0.25) is 0 Å². The molecule has 0 aliphatic carbocycles. The van der Waals surface area contributed by atoms with Gasteiger partial charge in [-0.1, -0.05) is 0 Å². The Balaban J connectivity index is 0.000001000. The molecule has 0 aromatic heterocycles. The zero-order valence-electron chi connectivity index (χ0n) is 6.18. The third-order valence-electron chi connectivity index (χ3n) is 1.41. The van der Waals surface area contributed by atoms with Crippen molar-refractivity contribution < 1.29 is 22.2 Å². The van der Waals surface area contributed by atoms with Crippen LogP contribution in [0.15, 0.2) is 24.3 Å². The van der Waals surface area contributed by atoms with Crippen LogP contribution in [0.5, 0.6) is 0 Å². The van der Waals surface area contributed by atoms with Gasteiger partial charge < -0.3 is 5.11 Å². The summed E-state index contributed by atoms with van der Waals surface area (Å²) in [7, 11) is 0. The average molecular weight is 199 g/mol. The van der Waals surface area contributed by atoms with Crippen LogP contribution < -0.4 is 0 Å². The third-order valence-corrected chi connectivity index (χ3v) is 1.41. The molecule has 11 heavy (non-hydrogen) atoms. The molecule has 0 radical (unpaired) electrons. The van der Waals surface area contributed by atoms with Crippen molar-refractivity contribution in [2.24, 2.45) is 0 Å². The van der Waals surface area contributed by atoms with Crippen molar-refractivity contribution in [1.29, 1.82) is 0 Å². The Morgan fingerprint density at radius 1 is 1.27 bits per heavy atom. The molecular formula is C9H11CuO. The van der Waals surface area contributed by atoms with Gasteiger partial charge in [-0.3, -0.25) is 0 Å². The normalized spacial score (nSPS) is 8.82. The first-order valence-electron chi connectivity index (χ1n) is 3.49. The zero-order chi connectivity index (χ0) is 7.23. The van der Waals surface area contributed by atoms with Crippen molar-refractivity contribution in [2.75, 3.05) is 6.61 Å². The summed E-state index contributed by atoms with van der Waals surface area (Å²) >= 11 is 0.